The summed E-state index contributed by atoms with van der Waals surface area (Å²) in [6.07, 6.45) is 2.79. The summed E-state index contributed by atoms with van der Waals surface area (Å²) < 4.78 is 18.6. The lowest BCUT2D eigenvalue weighted by molar-refractivity contribution is 0.0605. The number of fused-ring (bicyclic) bond motifs is 1. The van der Waals surface area contributed by atoms with Gasteiger partial charge < -0.3 is 14.6 Å². The highest BCUT2D eigenvalue weighted by atomic mass is 32.1. The Labute approximate surface area is 154 Å². The summed E-state index contributed by atoms with van der Waals surface area (Å²) >= 11 is 1.26. The Bertz CT molecular complexity index is 967. The third-order valence-corrected chi connectivity index (χ3v) is 5.79. The van der Waals surface area contributed by atoms with E-state index >= 15 is 0 Å². The number of aryl methyl sites for hydroxylation is 1. The molecule has 1 saturated heterocycles. The minimum absolute atomic E-state index is 0.0559. The van der Waals surface area contributed by atoms with Crippen molar-refractivity contribution >= 4 is 28.3 Å². The fourth-order valence-electron chi connectivity index (χ4n) is 3.41. The number of aromatic amines is 1. The van der Waals surface area contributed by atoms with Gasteiger partial charge in [0.15, 0.2) is 0 Å². The summed E-state index contributed by atoms with van der Waals surface area (Å²) in [5.74, 6) is 0.337. The van der Waals surface area contributed by atoms with E-state index in [1.54, 1.807) is 13.2 Å². The number of amides is 1. The number of hydrogen-bond acceptors (Lipinski definition) is 5. The third-order valence-electron chi connectivity index (χ3n) is 4.69. The molecule has 0 radical (unpaired) electrons. The molecule has 8 heteroatoms. The van der Waals surface area contributed by atoms with E-state index in [1.165, 1.54) is 23.5 Å². The zero-order valence-electron chi connectivity index (χ0n) is 14.6. The number of likely N-dealkylation sites (tertiary alicyclic amines) is 1. The van der Waals surface area contributed by atoms with Crippen molar-refractivity contribution in [1.29, 1.82) is 0 Å². The highest BCUT2D eigenvalue weighted by Crippen LogP contribution is 2.34. The monoisotopic (exact) mass is 374 g/mol. The van der Waals surface area contributed by atoms with Crippen LogP contribution < -0.4 is 4.74 Å². The predicted molar refractivity (Wildman–Crippen MR) is 97.1 cm³/mol. The maximum Gasteiger partial charge on any atom is 0.273 e. The molecule has 0 bridgehead atoms. The Balaban J connectivity index is 1.69. The summed E-state index contributed by atoms with van der Waals surface area (Å²) in [4.78, 5) is 27.6. The standard InChI is InChI=1S/C18H19FN4O2S/c1-10-15(26-18(20-10)25-2)17(24)23-8-4-3-5-14(23)16-21-12-7-6-11(19)9-13(12)22-16/h6-7,9,14H,3-5,8H2,1-2H3,(H,21,22)/t14-/m0/s1. The average molecular weight is 374 g/mol. The van der Waals surface area contributed by atoms with Crippen LogP contribution in [0.2, 0.25) is 0 Å². The van der Waals surface area contributed by atoms with Gasteiger partial charge in [0.25, 0.3) is 11.1 Å². The van der Waals surface area contributed by atoms with Gasteiger partial charge in [0, 0.05) is 6.54 Å². The highest BCUT2D eigenvalue weighted by molar-refractivity contribution is 7.15. The number of carbonyl (C=O) groups excluding carboxylic acids is 1. The number of thiazole rings is 1. The van der Waals surface area contributed by atoms with Gasteiger partial charge in [-0.15, -0.1) is 0 Å². The minimum atomic E-state index is -0.309. The van der Waals surface area contributed by atoms with E-state index in [2.05, 4.69) is 15.0 Å². The number of carbonyl (C=O) groups is 1. The van der Waals surface area contributed by atoms with Crippen LogP contribution >= 0.6 is 11.3 Å². The highest BCUT2D eigenvalue weighted by Gasteiger charge is 2.32. The van der Waals surface area contributed by atoms with E-state index in [-0.39, 0.29) is 17.8 Å². The fourth-order valence-corrected chi connectivity index (χ4v) is 4.24. The molecule has 1 N–H and O–H groups in total. The van der Waals surface area contributed by atoms with Crippen molar-refractivity contribution < 1.29 is 13.9 Å². The minimum Gasteiger partial charge on any atom is -0.473 e. The van der Waals surface area contributed by atoms with Crippen molar-refractivity contribution in [2.45, 2.75) is 32.2 Å². The van der Waals surface area contributed by atoms with Crippen LogP contribution in [0.1, 0.15) is 46.5 Å². The van der Waals surface area contributed by atoms with Crippen molar-refractivity contribution in [3.63, 3.8) is 0 Å². The Kier molecular flexibility index (Phi) is 4.36. The molecule has 136 valence electrons. The van der Waals surface area contributed by atoms with Crippen LogP contribution in [0.25, 0.3) is 11.0 Å². The number of nitrogens with one attached hydrogen (secondary N) is 1. The normalized spacial score (nSPS) is 17.7. The summed E-state index contributed by atoms with van der Waals surface area (Å²) in [6.45, 7) is 2.48. The molecule has 1 fully saturated rings. The van der Waals surface area contributed by atoms with Gasteiger partial charge in [-0.2, -0.15) is 0 Å². The molecule has 0 spiro atoms. The molecule has 3 aromatic rings. The van der Waals surface area contributed by atoms with Gasteiger partial charge in [0.1, 0.15) is 16.5 Å². The zero-order valence-corrected chi connectivity index (χ0v) is 15.4. The third kappa shape index (κ3) is 2.94. The second-order valence-electron chi connectivity index (χ2n) is 6.39. The van der Waals surface area contributed by atoms with E-state index in [9.17, 15) is 9.18 Å². The summed E-state index contributed by atoms with van der Waals surface area (Å²) in [5, 5.41) is 0.485. The summed E-state index contributed by atoms with van der Waals surface area (Å²) in [7, 11) is 1.55. The summed E-state index contributed by atoms with van der Waals surface area (Å²) in [5.41, 5.74) is 2.02. The first-order valence-electron chi connectivity index (χ1n) is 8.54. The van der Waals surface area contributed by atoms with Crippen LogP contribution in [0, 0.1) is 12.7 Å². The molecule has 4 rings (SSSR count). The molecule has 1 aliphatic rings. The molecule has 0 saturated carbocycles. The van der Waals surface area contributed by atoms with E-state index in [0.29, 0.717) is 39.2 Å². The lowest BCUT2D eigenvalue weighted by atomic mass is 10.0. The Morgan fingerprint density at radius 2 is 2.23 bits per heavy atom. The predicted octanol–water partition coefficient (Wildman–Crippen LogP) is 3.84. The topological polar surface area (TPSA) is 71.1 Å². The van der Waals surface area contributed by atoms with Crippen molar-refractivity contribution in [2.75, 3.05) is 13.7 Å². The number of aromatic nitrogens is 3. The van der Waals surface area contributed by atoms with Crippen LogP contribution in [0.15, 0.2) is 18.2 Å². The molecule has 6 nitrogen and oxygen atoms in total. The van der Waals surface area contributed by atoms with E-state index in [1.807, 2.05) is 11.8 Å². The first-order chi connectivity index (χ1) is 12.6. The smallest absolute Gasteiger partial charge is 0.273 e. The lowest BCUT2D eigenvalue weighted by Crippen LogP contribution is -2.38. The summed E-state index contributed by atoms with van der Waals surface area (Å²) in [6, 6.07) is 4.32. The number of methoxy groups -OCH3 is 1. The van der Waals surface area contributed by atoms with Crippen LogP contribution in [0.4, 0.5) is 4.39 Å². The Morgan fingerprint density at radius 1 is 1.38 bits per heavy atom. The van der Waals surface area contributed by atoms with E-state index < -0.39 is 0 Å². The van der Waals surface area contributed by atoms with Crippen molar-refractivity contribution in [1.82, 2.24) is 19.9 Å². The number of hydrogen-bond donors (Lipinski definition) is 1. The van der Waals surface area contributed by atoms with Crippen molar-refractivity contribution in [2.24, 2.45) is 0 Å². The van der Waals surface area contributed by atoms with Crippen LogP contribution in [0.5, 0.6) is 5.19 Å². The fraction of sp³-hybridized carbons (Fsp3) is 0.389. The number of H-pyrrole nitrogens is 1. The number of benzene rings is 1. The number of rotatable bonds is 3. The molecule has 0 unspecified atom stereocenters. The number of piperidine rings is 1. The number of ether oxygens (including phenoxy) is 1. The van der Waals surface area contributed by atoms with Crippen LogP contribution in [-0.4, -0.2) is 39.4 Å². The quantitative estimate of drug-likeness (QED) is 0.756. The largest absolute Gasteiger partial charge is 0.473 e. The number of halogens is 1. The number of nitrogens with zero attached hydrogens (tertiary/aromatic N) is 3. The molecule has 3 heterocycles. The molecular formula is C18H19FN4O2S. The first-order valence-corrected chi connectivity index (χ1v) is 9.36. The van der Waals surface area contributed by atoms with Crippen LogP contribution in [-0.2, 0) is 0 Å². The van der Waals surface area contributed by atoms with Crippen molar-refractivity contribution in [3.8, 4) is 5.19 Å². The Hall–Kier alpha value is -2.48. The molecule has 1 atom stereocenters. The second kappa shape index (κ2) is 6.68. The van der Waals surface area contributed by atoms with Crippen LogP contribution in [0.3, 0.4) is 0 Å². The molecule has 1 amide bonds. The number of imidazole rings is 1. The van der Waals surface area contributed by atoms with E-state index in [0.717, 1.165) is 19.3 Å². The maximum absolute atomic E-state index is 13.5. The molecule has 1 aliphatic heterocycles. The first kappa shape index (κ1) is 17.0. The molecule has 0 aliphatic carbocycles. The lowest BCUT2D eigenvalue weighted by Gasteiger charge is -2.34. The van der Waals surface area contributed by atoms with Crippen molar-refractivity contribution in [3.05, 3.63) is 40.4 Å². The van der Waals surface area contributed by atoms with Gasteiger partial charge >= 0.3 is 0 Å². The average Bonchev–Trinajstić information content (AvgIpc) is 3.23. The van der Waals surface area contributed by atoms with Gasteiger partial charge in [0.05, 0.1) is 29.9 Å². The van der Waals surface area contributed by atoms with Gasteiger partial charge in [-0.1, -0.05) is 11.3 Å². The second-order valence-corrected chi connectivity index (χ2v) is 7.35. The molecule has 2 aromatic heterocycles. The zero-order chi connectivity index (χ0) is 18.3. The molecular weight excluding hydrogens is 355 g/mol. The molecule has 26 heavy (non-hydrogen) atoms. The van der Waals surface area contributed by atoms with Gasteiger partial charge in [0.2, 0.25) is 0 Å². The van der Waals surface area contributed by atoms with E-state index in [4.69, 9.17) is 4.74 Å². The van der Waals surface area contributed by atoms with Gasteiger partial charge in [-0.05, 0) is 44.4 Å². The van der Waals surface area contributed by atoms with Gasteiger partial charge in [-0.25, -0.2) is 14.4 Å². The molecule has 1 aromatic carbocycles. The Morgan fingerprint density at radius 3 is 3.00 bits per heavy atom. The maximum atomic E-state index is 13.5. The SMILES string of the molecule is COc1nc(C)c(C(=O)N2CCCC[C@H]2c2nc3ccc(F)cc3[nH]2)s1. The van der Waals surface area contributed by atoms with Gasteiger partial charge in [-0.3, -0.25) is 4.79 Å².